The van der Waals surface area contributed by atoms with Crippen LogP contribution in [0.4, 0.5) is 17.6 Å². The van der Waals surface area contributed by atoms with Crippen molar-refractivity contribution in [1.82, 2.24) is 19.9 Å². The predicted molar refractivity (Wildman–Crippen MR) is 94.5 cm³/mol. The molecule has 2 heterocycles. The summed E-state index contributed by atoms with van der Waals surface area (Å²) in [5.41, 5.74) is 1.28. The molecule has 9 heteroatoms. The number of hydrogen-bond donors (Lipinski definition) is 3. The highest BCUT2D eigenvalue weighted by molar-refractivity contribution is 6.29. The summed E-state index contributed by atoms with van der Waals surface area (Å²) >= 11 is 6.02. The lowest BCUT2D eigenvalue weighted by molar-refractivity contribution is 0.960. The Morgan fingerprint density at radius 2 is 1.41 bits per heavy atom. The maximum atomic E-state index is 6.02. The average molecular weight is 346 g/mol. The van der Waals surface area contributed by atoms with E-state index in [0.717, 1.165) is 25.9 Å². The van der Waals surface area contributed by atoms with Crippen molar-refractivity contribution in [3.8, 4) is 0 Å². The molecule has 0 aliphatic heterocycles. The van der Waals surface area contributed by atoms with E-state index in [4.69, 9.17) is 11.6 Å². The molecule has 22 heavy (non-hydrogen) atoms. The van der Waals surface area contributed by atoms with Crippen molar-refractivity contribution in [3.05, 3.63) is 5.28 Å². The van der Waals surface area contributed by atoms with E-state index in [0.29, 0.717) is 28.6 Å². The first-order valence-electron chi connectivity index (χ1n) is 7.10. The van der Waals surface area contributed by atoms with Gasteiger partial charge in [0.25, 0.3) is 0 Å². The number of anilines is 3. The van der Waals surface area contributed by atoms with Crippen LogP contribution in [0.3, 0.4) is 0 Å². The van der Waals surface area contributed by atoms with Crippen LogP contribution in [0.5, 0.6) is 0 Å². The third-order valence-corrected chi connectivity index (χ3v) is 2.99. The van der Waals surface area contributed by atoms with E-state index < -0.39 is 0 Å². The number of hydrogen-bond acceptors (Lipinski definition) is 7. The van der Waals surface area contributed by atoms with Crippen molar-refractivity contribution in [2.75, 3.05) is 36.1 Å². The lowest BCUT2D eigenvalue weighted by Crippen LogP contribution is -2.10. The zero-order valence-corrected chi connectivity index (χ0v) is 14.5. The van der Waals surface area contributed by atoms with Crippen molar-refractivity contribution in [2.24, 2.45) is 0 Å². The predicted octanol–water partition coefficient (Wildman–Crippen LogP) is 3.18. The Morgan fingerprint density at radius 3 is 1.95 bits per heavy atom. The van der Waals surface area contributed by atoms with E-state index in [-0.39, 0.29) is 17.7 Å². The fourth-order valence-corrected chi connectivity index (χ4v) is 2.00. The first-order chi connectivity index (χ1) is 10.2. The van der Waals surface area contributed by atoms with Crippen LogP contribution in [0.15, 0.2) is 0 Å². The van der Waals surface area contributed by atoms with Gasteiger partial charge in [-0.3, -0.25) is 0 Å². The highest BCUT2D eigenvalue weighted by atomic mass is 35.5. The molecule has 0 unspecified atom stereocenters. The molecule has 122 valence electrons. The maximum absolute atomic E-state index is 6.02. The largest absolute Gasteiger partial charge is 0.368 e. The fourth-order valence-electron chi connectivity index (χ4n) is 1.83. The molecule has 0 atom stereocenters. The summed E-state index contributed by atoms with van der Waals surface area (Å²) in [6.07, 6.45) is 1.97. The molecule has 0 aromatic carbocycles. The molecule has 0 amide bonds. The quantitative estimate of drug-likeness (QED) is 0.664. The van der Waals surface area contributed by atoms with Gasteiger partial charge in [0.1, 0.15) is 11.0 Å². The minimum absolute atomic E-state index is 0. The summed E-state index contributed by atoms with van der Waals surface area (Å²) in [6.45, 7) is 5.76. The summed E-state index contributed by atoms with van der Waals surface area (Å²) in [7, 11) is 1.78. The third-order valence-electron chi connectivity index (χ3n) is 2.82. The smallest absolute Gasteiger partial charge is 0.225 e. The highest BCUT2D eigenvalue weighted by Crippen LogP contribution is 2.26. The van der Waals surface area contributed by atoms with Crippen LogP contribution in [0.2, 0.25) is 5.28 Å². The lowest BCUT2D eigenvalue weighted by atomic mass is 10.3. The molecule has 7 nitrogen and oxygen atoms in total. The summed E-state index contributed by atoms with van der Waals surface area (Å²) in [6, 6.07) is 0. The minimum Gasteiger partial charge on any atom is -0.368 e. The molecule has 0 aliphatic rings. The molecular formula is C13H21Cl2N7. The SMILES string of the molecule is CCCNc1nc(NC)nc2c(NCCC)nc(Cl)nc12.Cl. The number of fused-ring (bicyclic) bond motifs is 1. The average Bonchev–Trinajstić information content (AvgIpc) is 2.50. The zero-order valence-electron chi connectivity index (χ0n) is 12.9. The Balaban J connectivity index is 0.00000242. The van der Waals surface area contributed by atoms with Crippen LogP contribution in [0, 0.1) is 0 Å². The minimum atomic E-state index is 0. The topological polar surface area (TPSA) is 87.7 Å². The van der Waals surface area contributed by atoms with Gasteiger partial charge >= 0.3 is 0 Å². The van der Waals surface area contributed by atoms with Crippen LogP contribution in [-0.4, -0.2) is 40.1 Å². The van der Waals surface area contributed by atoms with Crippen LogP contribution < -0.4 is 16.0 Å². The molecule has 0 saturated carbocycles. The summed E-state index contributed by atoms with van der Waals surface area (Å²) < 4.78 is 0. The molecule has 0 saturated heterocycles. The molecule has 2 rings (SSSR count). The van der Waals surface area contributed by atoms with Crippen molar-refractivity contribution < 1.29 is 0 Å². The Bertz CT molecular complexity index is 621. The Labute approximate surface area is 141 Å². The normalized spacial score (nSPS) is 10.2. The monoisotopic (exact) mass is 345 g/mol. The lowest BCUT2D eigenvalue weighted by Gasteiger charge is -2.12. The van der Waals surface area contributed by atoms with E-state index in [1.165, 1.54) is 0 Å². The summed E-state index contributed by atoms with van der Waals surface area (Å²) in [5.74, 6) is 1.81. The van der Waals surface area contributed by atoms with Gasteiger partial charge in [-0.1, -0.05) is 13.8 Å². The highest BCUT2D eigenvalue weighted by Gasteiger charge is 2.14. The van der Waals surface area contributed by atoms with Crippen molar-refractivity contribution in [1.29, 1.82) is 0 Å². The standard InChI is InChI=1S/C13H20ClN7.ClH/c1-4-6-16-10-9-8(18-12(14)20-10)11(17-7-5-2)21-13(15-3)19-9;/h4-7H2,1-3H3,(H,16,18,20)(H2,15,17,19,21);1H. The van der Waals surface area contributed by atoms with Gasteiger partial charge in [0, 0.05) is 20.1 Å². The number of rotatable bonds is 7. The Hall–Kier alpha value is -1.60. The van der Waals surface area contributed by atoms with E-state index in [1.807, 2.05) is 0 Å². The molecule has 0 radical (unpaired) electrons. The summed E-state index contributed by atoms with van der Waals surface area (Å²) in [4.78, 5) is 17.4. The van der Waals surface area contributed by atoms with E-state index in [1.54, 1.807) is 7.05 Å². The first kappa shape index (κ1) is 18.4. The second-order valence-corrected chi connectivity index (χ2v) is 4.88. The van der Waals surface area contributed by atoms with Crippen molar-refractivity contribution in [3.63, 3.8) is 0 Å². The molecule has 0 bridgehead atoms. The third kappa shape index (κ3) is 4.20. The molecule has 2 aromatic rings. The summed E-state index contributed by atoms with van der Waals surface area (Å²) in [5, 5.41) is 9.62. The van der Waals surface area contributed by atoms with E-state index in [2.05, 4.69) is 49.7 Å². The second-order valence-electron chi connectivity index (χ2n) is 4.54. The van der Waals surface area contributed by atoms with Gasteiger partial charge in [-0.15, -0.1) is 12.4 Å². The molecule has 0 spiro atoms. The van der Waals surface area contributed by atoms with E-state index >= 15 is 0 Å². The van der Waals surface area contributed by atoms with Gasteiger partial charge < -0.3 is 16.0 Å². The molecule has 2 aromatic heterocycles. The fraction of sp³-hybridized carbons (Fsp3) is 0.538. The number of nitrogens with zero attached hydrogens (tertiary/aromatic N) is 4. The van der Waals surface area contributed by atoms with Crippen LogP contribution in [-0.2, 0) is 0 Å². The second kappa shape index (κ2) is 8.75. The molecule has 3 N–H and O–H groups in total. The van der Waals surface area contributed by atoms with Crippen molar-refractivity contribution >= 4 is 52.6 Å². The maximum Gasteiger partial charge on any atom is 0.225 e. The first-order valence-corrected chi connectivity index (χ1v) is 7.48. The van der Waals surface area contributed by atoms with Crippen molar-refractivity contribution in [2.45, 2.75) is 26.7 Å². The van der Waals surface area contributed by atoms with Gasteiger partial charge in [0.05, 0.1) is 0 Å². The van der Waals surface area contributed by atoms with Gasteiger partial charge in [-0.2, -0.15) is 9.97 Å². The van der Waals surface area contributed by atoms with Gasteiger partial charge in [0.2, 0.25) is 11.2 Å². The number of aromatic nitrogens is 4. The van der Waals surface area contributed by atoms with Gasteiger partial charge in [-0.05, 0) is 24.4 Å². The van der Waals surface area contributed by atoms with Gasteiger partial charge in [-0.25, -0.2) is 9.97 Å². The van der Waals surface area contributed by atoms with Crippen LogP contribution in [0.25, 0.3) is 11.0 Å². The van der Waals surface area contributed by atoms with Gasteiger partial charge in [0.15, 0.2) is 11.6 Å². The van der Waals surface area contributed by atoms with Crippen LogP contribution >= 0.6 is 24.0 Å². The number of nitrogens with one attached hydrogen (secondary N) is 3. The van der Waals surface area contributed by atoms with Crippen LogP contribution in [0.1, 0.15) is 26.7 Å². The molecule has 0 aliphatic carbocycles. The number of halogens is 2. The molecular weight excluding hydrogens is 325 g/mol. The van der Waals surface area contributed by atoms with E-state index in [9.17, 15) is 0 Å². The zero-order chi connectivity index (χ0) is 15.2. The Kier molecular flexibility index (Phi) is 7.34. The Morgan fingerprint density at radius 1 is 0.864 bits per heavy atom. The molecule has 0 fully saturated rings.